The van der Waals surface area contributed by atoms with E-state index in [0.29, 0.717) is 0 Å². The van der Waals surface area contributed by atoms with Gasteiger partial charge in [0.25, 0.3) is 0 Å². The van der Waals surface area contributed by atoms with Gasteiger partial charge in [-0.2, -0.15) is 0 Å². The third-order valence-corrected chi connectivity index (χ3v) is 2.24. The molecule has 0 N–H and O–H groups in total. The molecule has 2 heteroatoms. The van der Waals surface area contributed by atoms with Gasteiger partial charge in [0.2, 0.25) is 0 Å². The van der Waals surface area contributed by atoms with E-state index in [9.17, 15) is 0 Å². The van der Waals surface area contributed by atoms with Gasteiger partial charge in [-0.15, -0.1) is 6.58 Å². The number of hydrogen-bond acceptors (Lipinski definition) is 2. The van der Waals surface area contributed by atoms with Crippen LogP contribution in [-0.4, -0.2) is 37.7 Å². The highest BCUT2D eigenvalue weighted by Crippen LogP contribution is 2.01. The van der Waals surface area contributed by atoms with Crippen molar-refractivity contribution < 1.29 is 4.74 Å². The minimum absolute atomic E-state index is 0.918. The minimum atomic E-state index is 0.918. The maximum absolute atomic E-state index is 5.27. The zero-order valence-corrected chi connectivity index (χ0v) is 7.80. The Morgan fingerprint density at radius 3 is 2.67 bits per heavy atom. The number of allylic oxidation sites excluding steroid dienone is 1. The van der Waals surface area contributed by atoms with E-state index in [1.165, 1.54) is 19.4 Å². The van der Waals surface area contributed by atoms with Crippen molar-refractivity contribution in [1.82, 2.24) is 4.90 Å². The zero-order valence-electron chi connectivity index (χ0n) is 7.80. The summed E-state index contributed by atoms with van der Waals surface area (Å²) in [5.41, 5.74) is 0. The standard InChI is InChI=1S/C10H19NO/c1-2-3-4-5-6-11-7-9-12-10-8-11/h2H,1,3-10H2. The summed E-state index contributed by atoms with van der Waals surface area (Å²) in [5, 5.41) is 0. The Morgan fingerprint density at radius 2 is 2.00 bits per heavy atom. The van der Waals surface area contributed by atoms with Gasteiger partial charge in [-0.05, 0) is 25.8 Å². The smallest absolute Gasteiger partial charge is 0.0594 e. The van der Waals surface area contributed by atoms with Gasteiger partial charge >= 0.3 is 0 Å². The fraction of sp³-hybridized carbons (Fsp3) is 0.800. The van der Waals surface area contributed by atoms with E-state index in [4.69, 9.17) is 4.74 Å². The van der Waals surface area contributed by atoms with E-state index in [-0.39, 0.29) is 0 Å². The summed E-state index contributed by atoms with van der Waals surface area (Å²) in [6, 6.07) is 0. The zero-order chi connectivity index (χ0) is 8.65. The van der Waals surface area contributed by atoms with Crippen LogP contribution in [0.1, 0.15) is 19.3 Å². The molecule has 0 saturated carbocycles. The molecule has 0 unspecified atom stereocenters. The molecule has 0 aromatic carbocycles. The molecule has 0 aromatic heterocycles. The van der Waals surface area contributed by atoms with Gasteiger partial charge in [0.1, 0.15) is 0 Å². The summed E-state index contributed by atoms with van der Waals surface area (Å²) in [5.74, 6) is 0. The summed E-state index contributed by atoms with van der Waals surface area (Å²) in [7, 11) is 0. The average Bonchev–Trinajstić information content (AvgIpc) is 2.14. The molecule has 1 fully saturated rings. The van der Waals surface area contributed by atoms with Gasteiger partial charge in [0.05, 0.1) is 13.2 Å². The molecule has 12 heavy (non-hydrogen) atoms. The summed E-state index contributed by atoms with van der Waals surface area (Å²) < 4.78 is 5.27. The molecule has 1 aliphatic heterocycles. The molecule has 0 spiro atoms. The van der Waals surface area contributed by atoms with Crippen LogP contribution in [0, 0.1) is 0 Å². The molecular formula is C10H19NO. The second-order valence-electron chi connectivity index (χ2n) is 3.24. The number of rotatable bonds is 5. The van der Waals surface area contributed by atoms with E-state index >= 15 is 0 Å². The van der Waals surface area contributed by atoms with Crippen molar-refractivity contribution in [3.63, 3.8) is 0 Å². The highest BCUT2D eigenvalue weighted by molar-refractivity contribution is 4.67. The third kappa shape index (κ3) is 3.88. The molecule has 2 nitrogen and oxygen atoms in total. The minimum Gasteiger partial charge on any atom is -0.379 e. The van der Waals surface area contributed by atoms with Gasteiger partial charge in [0.15, 0.2) is 0 Å². The Morgan fingerprint density at radius 1 is 1.25 bits per heavy atom. The van der Waals surface area contributed by atoms with Crippen molar-refractivity contribution in [3.05, 3.63) is 12.7 Å². The predicted molar refractivity (Wildman–Crippen MR) is 51.3 cm³/mol. The van der Waals surface area contributed by atoms with Crippen LogP contribution in [-0.2, 0) is 4.74 Å². The van der Waals surface area contributed by atoms with Crippen molar-refractivity contribution in [2.75, 3.05) is 32.8 Å². The lowest BCUT2D eigenvalue weighted by molar-refractivity contribution is 0.0372. The number of ether oxygens (including phenoxy) is 1. The van der Waals surface area contributed by atoms with E-state index in [0.717, 1.165) is 32.7 Å². The van der Waals surface area contributed by atoms with Crippen molar-refractivity contribution in [3.8, 4) is 0 Å². The van der Waals surface area contributed by atoms with E-state index in [2.05, 4.69) is 11.5 Å². The van der Waals surface area contributed by atoms with Crippen LogP contribution < -0.4 is 0 Å². The van der Waals surface area contributed by atoms with E-state index < -0.39 is 0 Å². The lowest BCUT2D eigenvalue weighted by Crippen LogP contribution is -2.36. The molecule has 70 valence electrons. The van der Waals surface area contributed by atoms with Crippen LogP contribution in [0.3, 0.4) is 0 Å². The van der Waals surface area contributed by atoms with Crippen LogP contribution in [0.2, 0.25) is 0 Å². The first-order chi connectivity index (χ1) is 5.93. The molecule has 0 atom stereocenters. The first-order valence-corrected chi connectivity index (χ1v) is 4.84. The van der Waals surface area contributed by atoms with Gasteiger partial charge in [-0.25, -0.2) is 0 Å². The van der Waals surface area contributed by atoms with Gasteiger partial charge < -0.3 is 4.74 Å². The second kappa shape index (κ2) is 6.21. The van der Waals surface area contributed by atoms with Crippen LogP contribution >= 0.6 is 0 Å². The van der Waals surface area contributed by atoms with E-state index in [1.54, 1.807) is 0 Å². The maximum atomic E-state index is 5.27. The third-order valence-electron chi connectivity index (χ3n) is 2.24. The predicted octanol–water partition coefficient (Wildman–Crippen LogP) is 1.67. The summed E-state index contributed by atoms with van der Waals surface area (Å²) in [4.78, 5) is 2.48. The van der Waals surface area contributed by atoms with Crippen molar-refractivity contribution in [2.45, 2.75) is 19.3 Å². The van der Waals surface area contributed by atoms with Crippen molar-refractivity contribution in [1.29, 1.82) is 0 Å². The topological polar surface area (TPSA) is 12.5 Å². The lowest BCUT2D eigenvalue weighted by atomic mass is 10.2. The van der Waals surface area contributed by atoms with Gasteiger partial charge in [0, 0.05) is 13.1 Å². The highest BCUT2D eigenvalue weighted by atomic mass is 16.5. The molecule has 0 bridgehead atoms. The van der Waals surface area contributed by atoms with Crippen LogP contribution in [0.15, 0.2) is 12.7 Å². The Bertz CT molecular complexity index is 119. The molecule has 0 radical (unpaired) electrons. The highest BCUT2D eigenvalue weighted by Gasteiger charge is 2.08. The number of morpholine rings is 1. The molecule has 1 saturated heterocycles. The molecule has 0 aliphatic carbocycles. The summed E-state index contributed by atoms with van der Waals surface area (Å²) in [6.07, 6.45) is 5.73. The Balaban J connectivity index is 1.94. The summed E-state index contributed by atoms with van der Waals surface area (Å²) in [6.45, 7) is 9.02. The Kier molecular flexibility index (Phi) is 5.04. The number of unbranched alkanes of at least 4 members (excludes halogenated alkanes) is 2. The Labute approximate surface area is 75.2 Å². The van der Waals surface area contributed by atoms with Gasteiger partial charge in [-0.3, -0.25) is 4.90 Å². The molecule has 0 amide bonds. The average molecular weight is 169 g/mol. The normalized spacial score (nSPS) is 19.3. The molecule has 0 aromatic rings. The largest absolute Gasteiger partial charge is 0.379 e. The quantitative estimate of drug-likeness (QED) is 0.458. The lowest BCUT2D eigenvalue weighted by Gasteiger charge is -2.26. The van der Waals surface area contributed by atoms with Crippen LogP contribution in [0.4, 0.5) is 0 Å². The van der Waals surface area contributed by atoms with Crippen LogP contribution in [0.25, 0.3) is 0 Å². The molecular weight excluding hydrogens is 150 g/mol. The SMILES string of the molecule is C=CCCCCN1CCOCC1. The Hall–Kier alpha value is -0.340. The fourth-order valence-corrected chi connectivity index (χ4v) is 1.45. The monoisotopic (exact) mass is 169 g/mol. The second-order valence-corrected chi connectivity index (χ2v) is 3.24. The molecule has 1 heterocycles. The van der Waals surface area contributed by atoms with Crippen molar-refractivity contribution in [2.24, 2.45) is 0 Å². The summed E-state index contributed by atoms with van der Waals surface area (Å²) >= 11 is 0. The fourth-order valence-electron chi connectivity index (χ4n) is 1.45. The molecule has 1 rings (SSSR count). The number of nitrogens with zero attached hydrogens (tertiary/aromatic N) is 1. The maximum Gasteiger partial charge on any atom is 0.0594 e. The molecule has 1 aliphatic rings. The van der Waals surface area contributed by atoms with E-state index in [1.807, 2.05) is 6.08 Å². The van der Waals surface area contributed by atoms with Crippen molar-refractivity contribution >= 4 is 0 Å². The first kappa shape index (κ1) is 9.75. The number of hydrogen-bond donors (Lipinski definition) is 0. The van der Waals surface area contributed by atoms with Crippen LogP contribution in [0.5, 0.6) is 0 Å². The first-order valence-electron chi connectivity index (χ1n) is 4.84. The van der Waals surface area contributed by atoms with Gasteiger partial charge in [-0.1, -0.05) is 6.08 Å².